The second kappa shape index (κ2) is 9.05. The van der Waals surface area contributed by atoms with Crippen LogP contribution in [0.5, 0.6) is 0 Å². The molecular formula is C22H22O4S2. The molecule has 2 aromatic carbocycles. The van der Waals surface area contributed by atoms with Crippen LogP contribution in [0.4, 0.5) is 0 Å². The summed E-state index contributed by atoms with van der Waals surface area (Å²) in [4.78, 5) is 24.1. The first kappa shape index (κ1) is 19.4. The summed E-state index contributed by atoms with van der Waals surface area (Å²) in [5.74, 6) is 1.03. The van der Waals surface area contributed by atoms with E-state index in [1.54, 1.807) is 6.07 Å². The van der Waals surface area contributed by atoms with Crippen molar-refractivity contribution in [2.45, 2.75) is 44.0 Å². The molecule has 4 rings (SSSR count). The van der Waals surface area contributed by atoms with Crippen molar-refractivity contribution in [3.63, 3.8) is 0 Å². The fourth-order valence-corrected chi connectivity index (χ4v) is 6.60. The number of hydrogen-bond donors (Lipinski definition) is 0. The maximum Gasteiger partial charge on any atom is 0.336 e. The molecule has 1 aliphatic rings. The highest BCUT2D eigenvalue weighted by Crippen LogP contribution is 2.39. The van der Waals surface area contributed by atoms with E-state index in [1.165, 1.54) is 24.7 Å². The summed E-state index contributed by atoms with van der Waals surface area (Å²) in [7, 11) is 3.92. The van der Waals surface area contributed by atoms with Gasteiger partial charge in [-0.05, 0) is 36.1 Å². The molecule has 0 saturated carbocycles. The van der Waals surface area contributed by atoms with Crippen molar-refractivity contribution < 1.29 is 13.9 Å². The second-order valence-electron chi connectivity index (χ2n) is 6.99. The fraction of sp³-hybridized carbons (Fsp3) is 0.364. The van der Waals surface area contributed by atoms with Gasteiger partial charge in [-0.15, -0.1) is 0 Å². The van der Waals surface area contributed by atoms with Gasteiger partial charge in [-0.1, -0.05) is 58.3 Å². The van der Waals surface area contributed by atoms with Gasteiger partial charge in [-0.3, -0.25) is 4.79 Å². The van der Waals surface area contributed by atoms with E-state index in [2.05, 4.69) is 0 Å². The van der Waals surface area contributed by atoms with Gasteiger partial charge in [0.2, 0.25) is 0 Å². The smallest absolute Gasteiger partial charge is 0.336 e. The van der Waals surface area contributed by atoms with Crippen LogP contribution in [0.3, 0.4) is 0 Å². The van der Waals surface area contributed by atoms with E-state index in [0.29, 0.717) is 17.6 Å². The number of carbonyl (C=O) groups excluding carboxylic acids is 1. The molecular weight excluding hydrogens is 392 g/mol. The Labute approximate surface area is 171 Å². The fourth-order valence-electron chi connectivity index (χ4n) is 3.57. The van der Waals surface area contributed by atoms with Crippen LogP contribution in [0.1, 0.15) is 37.7 Å². The van der Waals surface area contributed by atoms with Gasteiger partial charge < -0.3 is 9.15 Å². The number of carbonyl (C=O) groups is 1. The number of rotatable bonds is 7. The van der Waals surface area contributed by atoms with Crippen molar-refractivity contribution in [2.75, 3.05) is 5.75 Å². The average molecular weight is 415 g/mol. The number of esters is 1. The summed E-state index contributed by atoms with van der Waals surface area (Å²) in [6.45, 7) is 0.0874. The van der Waals surface area contributed by atoms with E-state index in [9.17, 15) is 9.59 Å². The maximum absolute atomic E-state index is 12.2. The van der Waals surface area contributed by atoms with E-state index in [4.69, 9.17) is 9.15 Å². The highest BCUT2D eigenvalue weighted by atomic mass is 33.1. The summed E-state index contributed by atoms with van der Waals surface area (Å²) in [5.41, 5.74) is 0.778. The number of unbranched alkanes of at least 4 members (excludes halogenated alkanes) is 1. The molecule has 0 unspecified atom stereocenters. The largest absolute Gasteiger partial charge is 0.461 e. The molecule has 0 radical (unpaired) electrons. The third kappa shape index (κ3) is 4.55. The van der Waals surface area contributed by atoms with Gasteiger partial charge >= 0.3 is 11.6 Å². The summed E-state index contributed by atoms with van der Waals surface area (Å²) >= 11 is 0. The van der Waals surface area contributed by atoms with Crippen LogP contribution in [0.25, 0.3) is 21.7 Å². The highest BCUT2D eigenvalue weighted by molar-refractivity contribution is 8.77. The molecule has 1 atom stereocenters. The molecule has 6 heteroatoms. The molecule has 28 heavy (non-hydrogen) atoms. The first-order chi connectivity index (χ1) is 13.7. The van der Waals surface area contributed by atoms with Crippen LogP contribution in [0.15, 0.2) is 51.7 Å². The van der Waals surface area contributed by atoms with Crippen molar-refractivity contribution in [2.24, 2.45) is 0 Å². The van der Waals surface area contributed by atoms with Gasteiger partial charge in [0.25, 0.3) is 0 Å². The summed E-state index contributed by atoms with van der Waals surface area (Å²) in [5, 5.41) is 3.62. The van der Waals surface area contributed by atoms with Gasteiger partial charge in [0.05, 0.1) is 0 Å². The van der Waals surface area contributed by atoms with Gasteiger partial charge in [0.1, 0.15) is 12.2 Å². The lowest BCUT2D eigenvalue weighted by atomic mass is 10.0. The quantitative estimate of drug-likeness (QED) is 0.162. The zero-order valence-corrected chi connectivity index (χ0v) is 17.2. The molecule has 1 aliphatic heterocycles. The van der Waals surface area contributed by atoms with Gasteiger partial charge in [-0.25, -0.2) is 4.79 Å². The summed E-state index contributed by atoms with van der Waals surface area (Å²) in [6.07, 6.45) is 4.76. The van der Waals surface area contributed by atoms with E-state index < -0.39 is 5.63 Å². The Morgan fingerprint density at radius 1 is 1.18 bits per heavy atom. The normalized spacial score (nSPS) is 16.6. The molecule has 1 saturated heterocycles. The molecule has 0 N–H and O–H groups in total. The maximum atomic E-state index is 12.2. The lowest BCUT2D eigenvalue weighted by molar-refractivity contribution is -0.145. The Balaban J connectivity index is 1.41. The van der Waals surface area contributed by atoms with Crippen molar-refractivity contribution in [3.05, 3.63) is 58.4 Å². The number of hydrogen-bond acceptors (Lipinski definition) is 6. The minimum atomic E-state index is -0.430. The average Bonchev–Trinajstić information content (AvgIpc) is 3.22. The second-order valence-corrected chi connectivity index (χ2v) is 9.77. The Kier molecular flexibility index (Phi) is 6.27. The Hall–Kier alpha value is -1.92. The molecule has 0 amide bonds. The molecule has 0 spiro atoms. The predicted octanol–water partition coefficient (Wildman–Crippen LogP) is 5.70. The lowest BCUT2D eigenvalue weighted by Gasteiger charge is -2.10. The zero-order chi connectivity index (χ0) is 19.3. The monoisotopic (exact) mass is 414 g/mol. The number of fused-ring (bicyclic) bond motifs is 3. The highest BCUT2D eigenvalue weighted by Gasteiger charge is 2.16. The van der Waals surface area contributed by atoms with E-state index in [-0.39, 0.29) is 12.6 Å². The Morgan fingerprint density at radius 3 is 2.93 bits per heavy atom. The molecule has 0 bridgehead atoms. The SMILES string of the molecule is O=C(CCCC[C@@H]1CCSS1)OCc1cc(=O)oc2ccc3ccccc3c12. The first-order valence-electron chi connectivity index (χ1n) is 9.59. The minimum Gasteiger partial charge on any atom is -0.461 e. The third-order valence-corrected chi connectivity index (χ3v) is 7.99. The van der Waals surface area contributed by atoms with Crippen molar-refractivity contribution in [1.29, 1.82) is 0 Å². The zero-order valence-electron chi connectivity index (χ0n) is 15.5. The topological polar surface area (TPSA) is 56.5 Å². The molecule has 1 fully saturated rings. The van der Waals surface area contributed by atoms with E-state index >= 15 is 0 Å². The number of benzene rings is 2. The van der Waals surface area contributed by atoms with Gasteiger partial charge in [0, 0.05) is 34.4 Å². The molecule has 4 nitrogen and oxygen atoms in total. The minimum absolute atomic E-state index is 0.0874. The summed E-state index contributed by atoms with van der Waals surface area (Å²) in [6, 6.07) is 13.1. The molecule has 3 aromatic rings. The van der Waals surface area contributed by atoms with Crippen LogP contribution in [0, 0.1) is 0 Å². The Morgan fingerprint density at radius 2 is 2.07 bits per heavy atom. The van der Waals surface area contributed by atoms with E-state index in [1.807, 2.05) is 51.9 Å². The Bertz CT molecular complexity index is 1040. The van der Waals surface area contributed by atoms with Crippen LogP contribution < -0.4 is 5.63 Å². The molecule has 0 aliphatic carbocycles. The standard InChI is InChI=1S/C22H22O4S2/c23-20(8-4-2-6-17-11-12-27-28-17)25-14-16-13-21(24)26-19-10-9-15-5-1-3-7-18(15)22(16)19/h1,3,5,7,9-10,13,17H,2,4,6,8,11-12,14H2/t17-/m1/s1. The van der Waals surface area contributed by atoms with Crippen LogP contribution in [-0.2, 0) is 16.1 Å². The third-order valence-electron chi connectivity index (χ3n) is 4.99. The summed E-state index contributed by atoms with van der Waals surface area (Å²) < 4.78 is 10.8. The van der Waals surface area contributed by atoms with Crippen molar-refractivity contribution in [3.8, 4) is 0 Å². The molecule has 2 heterocycles. The predicted molar refractivity (Wildman–Crippen MR) is 117 cm³/mol. The van der Waals surface area contributed by atoms with Gasteiger partial charge in [-0.2, -0.15) is 0 Å². The number of ether oxygens (including phenoxy) is 1. The first-order valence-corrected chi connectivity index (χ1v) is 12.0. The van der Waals surface area contributed by atoms with Gasteiger partial charge in [0.15, 0.2) is 0 Å². The van der Waals surface area contributed by atoms with Crippen LogP contribution >= 0.6 is 21.6 Å². The van der Waals surface area contributed by atoms with Crippen molar-refractivity contribution in [1.82, 2.24) is 0 Å². The van der Waals surface area contributed by atoms with Crippen LogP contribution in [-0.4, -0.2) is 17.0 Å². The van der Waals surface area contributed by atoms with E-state index in [0.717, 1.165) is 34.3 Å². The van der Waals surface area contributed by atoms with Crippen molar-refractivity contribution >= 4 is 49.3 Å². The lowest BCUT2D eigenvalue weighted by Crippen LogP contribution is -2.08. The molecule has 146 valence electrons. The molecule has 1 aromatic heterocycles. The van der Waals surface area contributed by atoms with Crippen LogP contribution in [0.2, 0.25) is 0 Å².